The molecule has 0 saturated carbocycles. The summed E-state index contributed by atoms with van der Waals surface area (Å²) in [7, 11) is 2.22. The molecule has 0 radical (unpaired) electrons. The Balaban J connectivity index is 1.42. The zero-order valence-corrected chi connectivity index (χ0v) is 19.8. The highest BCUT2D eigenvalue weighted by atomic mass is 16.2. The smallest absolute Gasteiger partial charge is 0.318 e. The first-order valence-corrected chi connectivity index (χ1v) is 12.1. The van der Waals surface area contributed by atoms with Crippen molar-refractivity contribution in [3.63, 3.8) is 0 Å². The molecule has 2 aromatic carbocycles. The zero-order chi connectivity index (χ0) is 22.5. The average molecular weight is 435 g/mol. The molecular weight excluding hydrogens is 396 g/mol. The number of nitrogens with zero attached hydrogens (tertiary/aromatic N) is 3. The van der Waals surface area contributed by atoms with Gasteiger partial charge in [0, 0.05) is 31.7 Å². The van der Waals surface area contributed by atoms with Crippen LogP contribution in [0.15, 0.2) is 60.7 Å². The van der Waals surface area contributed by atoms with Gasteiger partial charge < -0.3 is 15.1 Å². The molecule has 0 spiro atoms. The van der Waals surface area contributed by atoms with Crippen LogP contribution in [-0.2, 0) is 0 Å². The lowest BCUT2D eigenvalue weighted by Crippen LogP contribution is -2.61. The van der Waals surface area contributed by atoms with Crippen molar-refractivity contribution in [2.75, 3.05) is 39.8 Å². The largest absolute Gasteiger partial charge is 0.327 e. The maximum Gasteiger partial charge on any atom is 0.318 e. The summed E-state index contributed by atoms with van der Waals surface area (Å²) in [5.74, 6) is 0.784. The van der Waals surface area contributed by atoms with Gasteiger partial charge in [-0.05, 0) is 63.9 Å². The molecular formula is C27H38N4O. The molecule has 5 nitrogen and oxygen atoms in total. The monoisotopic (exact) mass is 434 g/mol. The van der Waals surface area contributed by atoms with E-state index in [4.69, 9.17) is 0 Å². The number of carbonyl (C=O) groups is 1. The third kappa shape index (κ3) is 5.51. The van der Waals surface area contributed by atoms with Gasteiger partial charge in [-0.1, -0.05) is 60.7 Å². The molecule has 2 aliphatic heterocycles. The fourth-order valence-corrected chi connectivity index (χ4v) is 5.44. The maximum absolute atomic E-state index is 13.5. The van der Waals surface area contributed by atoms with E-state index in [2.05, 4.69) is 65.2 Å². The lowest BCUT2D eigenvalue weighted by molar-refractivity contribution is 0.0477. The first kappa shape index (κ1) is 22.8. The second kappa shape index (κ2) is 10.5. The molecule has 32 heavy (non-hydrogen) atoms. The fourth-order valence-electron chi connectivity index (χ4n) is 5.44. The molecule has 0 aromatic heterocycles. The SMILES string of the molecule is CC1CN(CC2CCN(C)CC2)CC(C)N1C(=O)NC(c1ccccc1)c1ccccc1. The van der Waals surface area contributed by atoms with Crippen molar-refractivity contribution in [2.24, 2.45) is 5.92 Å². The molecule has 172 valence electrons. The van der Waals surface area contributed by atoms with Gasteiger partial charge in [-0.15, -0.1) is 0 Å². The van der Waals surface area contributed by atoms with Crippen molar-refractivity contribution in [1.82, 2.24) is 20.0 Å². The Bertz CT molecular complexity index is 799. The number of piperidine rings is 1. The van der Waals surface area contributed by atoms with Crippen LogP contribution in [0.3, 0.4) is 0 Å². The normalized spacial score (nSPS) is 23.4. The minimum absolute atomic E-state index is 0.0293. The summed E-state index contributed by atoms with van der Waals surface area (Å²) >= 11 is 0. The Kier molecular flexibility index (Phi) is 7.48. The molecule has 2 heterocycles. The van der Waals surface area contributed by atoms with Crippen LogP contribution in [0.5, 0.6) is 0 Å². The van der Waals surface area contributed by atoms with Crippen LogP contribution in [0.4, 0.5) is 4.79 Å². The van der Waals surface area contributed by atoms with Crippen molar-refractivity contribution < 1.29 is 4.79 Å². The van der Waals surface area contributed by atoms with Gasteiger partial charge >= 0.3 is 6.03 Å². The molecule has 2 fully saturated rings. The molecule has 0 aliphatic carbocycles. The van der Waals surface area contributed by atoms with Gasteiger partial charge in [0.2, 0.25) is 0 Å². The van der Waals surface area contributed by atoms with E-state index in [1.54, 1.807) is 0 Å². The van der Waals surface area contributed by atoms with Crippen molar-refractivity contribution in [3.05, 3.63) is 71.8 Å². The lowest BCUT2D eigenvalue weighted by atomic mass is 9.95. The predicted octanol–water partition coefficient (Wildman–Crippen LogP) is 4.22. The molecule has 2 aliphatic rings. The Labute approximate surface area is 193 Å². The minimum Gasteiger partial charge on any atom is -0.327 e. The van der Waals surface area contributed by atoms with E-state index in [1.807, 2.05) is 36.4 Å². The standard InChI is InChI=1S/C27H38N4O/c1-21-18-30(20-23-14-16-29(3)17-15-23)19-22(2)31(21)27(32)28-26(24-10-6-4-7-11-24)25-12-8-5-9-13-25/h4-13,21-23,26H,14-20H2,1-3H3,(H,28,32). The van der Waals surface area contributed by atoms with Crippen LogP contribution in [0.2, 0.25) is 0 Å². The quantitative estimate of drug-likeness (QED) is 0.766. The molecule has 0 bridgehead atoms. The molecule has 2 amide bonds. The van der Waals surface area contributed by atoms with Gasteiger partial charge in [0.1, 0.15) is 0 Å². The summed E-state index contributed by atoms with van der Waals surface area (Å²) in [6.07, 6.45) is 2.57. The van der Waals surface area contributed by atoms with E-state index in [9.17, 15) is 4.79 Å². The molecule has 2 aromatic rings. The Morgan fingerprint density at radius 1 is 0.906 bits per heavy atom. The molecule has 4 rings (SSSR count). The first-order chi connectivity index (χ1) is 15.5. The third-order valence-electron chi connectivity index (χ3n) is 7.12. The number of amides is 2. The van der Waals surface area contributed by atoms with E-state index < -0.39 is 0 Å². The van der Waals surface area contributed by atoms with Crippen molar-refractivity contribution in [1.29, 1.82) is 0 Å². The first-order valence-electron chi connectivity index (χ1n) is 12.1. The number of rotatable bonds is 5. The Morgan fingerprint density at radius 2 is 1.41 bits per heavy atom. The zero-order valence-electron chi connectivity index (χ0n) is 19.8. The van der Waals surface area contributed by atoms with Gasteiger partial charge in [0.25, 0.3) is 0 Å². The number of benzene rings is 2. The second-order valence-electron chi connectivity index (χ2n) is 9.77. The van der Waals surface area contributed by atoms with Crippen LogP contribution in [0.1, 0.15) is 43.9 Å². The van der Waals surface area contributed by atoms with Crippen LogP contribution >= 0.6 is 0 Å². The second-order valence-corrected chi connectivity index (χ2v) is 9.77. The highest BCUT2D eigenvalue weighted by molar-refractivity contribution is 5.76. The minimum atomic E-state index is -0.151. The summed E-state index contributed by atoms with van der Waals surface area (Å²) < 4.78 is 0. The van der Waals surface area contributed by atoms with Crippen LogP contribution in [-0.4, -0.2) is 72.6 Å². The summed E-state index contributed by atoms with van der Waals surface area (Å²) in [6, 6.07) is 20.8. The molecule has 2 atom stereocenters. The topological polar surface area (TPSA) is 38.8 Å². The van der Waals surface area contributed by atoms with E-state index in [1.165, 1.54) is 25.9 Å². The summed E-state index contributed by atoms with van der Waals surface area (Å²) in [5.41, 5.74) is 2.21. The van der Waals surface area contributed by atoms with Gasteiger partial charge in [0.05, 0.1) is 6.04 Å². The Morgan fingerprint density at radius 3 is 1.91 bits per heavy atom. The number of hydrogen-bond donors (Lipinski definition) is 1. The number of likely N-dealkylation sites (tertiary alicyclic amines) is 1. The maximum atomic E-state index is 13.5. The Hall–Kier alpha value is -2.37. The predicted molar refractivity (Wildman–Crippen MR) is 131 cm³/mol. The number of carbonyl (C=O) groups excluding carboxylic acids is 1. The summed E-state index contributed by atoms with van der Waals surface area (Å²) in [6.45, 7) is 9.86. The van der Waals surface area contributed by atoms with Gasteiger partial charge in [0.15, 0.2) is 0 Å². The van der Waals surface area contributed by atoms with E-state index in [-0.39, 0.29) is 24.2 Å². The summed E-state index contributed by atoms with van der Waals surface area (Å²) in [4.78, 5) is 20.6. The number of piperazine rings is 1. The van der Waals surface area contributed by atoms with Crippen LogP contribution in [0, 0.1) is 5.92 Å². The van der Waals surface area contributed by atoms with Gasteiger partial charge in [-0.25, -0.2) is 4.79 Å². The summed E-state index contributed by atoms with van der Waals surface area (Å²) in [5, 5.41) is 3.34. The highest BCUT2D eigenvalue weighted by Crippen LogP contribution is 2.25. The highest BCUT2D eigenvalue weighted by Gasteiger charge is 2.35. The molecule has 5 heteroatoms. The lowest BCUT2D eigenvalue weighted by Gasteiger charge is -2.46. The van der Waals surface area contributed by atoms with E-state index in [0.717, 1.165) is 36.7 Å². The van der Waals surface area contributed by atoms with Crippen LogP contribution < -0.4 is 5.32 Å². The van der Waals surface area contributed by atoms with Gasteiger partial charge in [-0.2, -0.15) is 0 Å². The number of hydrogen-bond acceptors (Lipinski definition) is 3. The molecule has 2 saturated heterocycles. The number of nitrogens with one attached hydrogen (secondary N) is 1. The van der Waals surface area contributed by atoms with E-state index >= 15 is 0 Å². The van der Waals surface area contributed by atoms with Crippen LogP contribution in [0.25, 0.3) is 0 Å². The van der Waals surface area contributed by atoms with E-state index in [0.29, 0.717) is 0 Å². The van der Waals surface area contributed by atoms with Gasteiger partial charge in [-0.3, -0.25) is 4.90 Å². The molecule has 2 unspecified atom stereocenters. The fraction of sp³-hybridized carbons (Fsp3) is 0.519. The third-order valence-corrected chi connectivity index (χ3v) is 7.12. The number of urea groups is 1. The van der Waals surface area contributed by atoms with Crippen molar-refractivity contribution in [2.45, 2.75) is 44.8 Å². The molecule has 1 N–H and O–H groups in total. The van der Waals surface area contributed by atoms with Crippen molar-refractivity contribution >= 4 is 6.03 Å². The van der Waals surface area contributed by atoms with Crippen molar-refractivity contribution in [3.8, 4) is 0 Å². The average Bonchev–Trinajstić information content (AvgIpc) is 2.80.